The van der Waals surface area contributed by atoms with Gasteiger partial charge in [0.15, 0.2) is 5.78 Å². The number of aryl methyl sites for hydroxylation is 2. The highest BCUT2D eigenvalue weighted by Crippen LogP contribution is 2.22. The maximum absolute atomic E-state index is 12.3. The number of amides is 1. The van der Waals surface area contributed by atoms with E-state index in [1.807, 2.05) is 32.0 Å². The number of nitrogens with zero attached hydrogens (tertiary/aromatic N) is 1. The first-order valence-corrected chi connectivity index (χ1v) is 7.39. The fourth-order valence-electron chi connectivity index (χ4n) is 2.79. The van der Waals surface area contributed by atoms with Gasteiger partial charge in [-0.25, -0.2) is 0 Å². The number of rotatable bonds is 5. The summed E-state index contributed by atoms with van der Waals surface area (Å²) < 4.78 is 0. The molecule has 1 saturated heterocycles. The fraction of sp³-hybridized carbons (Fsp3) is 0.529. The van der Waals surface area contributed by atoms with Gasteiger partial charge in [-0.15, -0.1) is 0 Å². The molecule has 1 amide bonds. The molecular formula is C17H23NO2. The van der Waals surface area contributed by atoms with Crippen LogP contribution in [0.15, 0.2) is 18.2 Å². The van der Waals surface area contributed by atoms with Crippen molar-refractivity contribution in [1.29, 1.82) is 0 Å². The van der Waals surface area contributed by atoms with Crippen molar-refractivity contribution in [1.82, 2.24) is 4.90 Å². The first-order chi connectivity index (χ1) is 9.51. The van der Waals surface area contributed by atoms with E-state index in [9.17, 15) is 9.59 Å². The van der Waals surface area contributed by atoms with E-state index in [2.05, 4.69) is 6.92 Å². The molecule has 0 aromatic heterocycles. The zero-order chi connectivity index (χ0) is 14.7. The molecule has 1 aromatic carbocycles. The summed E-state index contributed by atoms with van der Waals surface area (Å²) >= 11 is 0. The second-order valence-electron chi connectivity index (χ2n) is 5.86. The molecule has 0 bridgehead atoms. The van der Waals surface area contributed by atoms with Gasteiger partial charge < -0.3 is 4.90 Å². The lowest BCUT2D eigenvalue weighted by molar-refractivity contribution is -0.127. The number of carbonyl (C=O) groups is 2. The summed E-state index contributed by atoms with van der Waals surface area (Å²) in [5.41, 5.74) is 3.01. The van der Waals surface area contributed by atoms with Crippen molar-refractivity contribution in [3.63, 3.8) is 0 Å². The smallest absolute Gasteiger partial charge is 0.223 e. The zero-order valence-electron chi connectivity index (χ0n) is 12.6. The van der Waals surface area contributed by atoms with Crippen molar-refractivity contribution in [2.45, 2.75) is 40.0 Å². The molecule has 1 fully saturated rings. The van der Waals surface area contributed by atoms with Crippen molar-refractivity contribution < 1.29 is 9.59 Å². The molecule has 1 unspecified atom stereocenters. The summed E-state index contributed by atoms with van der Waals surface area (Å²) in [5, 5.41) is 0. The number of hydrogen-bond acceptors (Lipinski definition) is 2. The number of Topliss-reactive ketones (excluding diaryl/α,β-unsaturated/α-hetero) is 1. The third-order valence-electron chi connectivity index (χ3n) is 4.15. The molecule has 0 radical (unpaired) electrons. The van der Waals surface area contributed by atoms with E-state index in [1.165, 1.54) is 5.56 Å². The molecule has 108 valence electrons. The Morgan fingerprint density at radius 1 is 1.30 bits per heavy atom. The van der Waals surface area contributed by atoms with Crippen LogP contribution in [0.5, 0.6) is 0 Å². The first-order valence-electron chi connectivity index (χ1n) is 7.39. The van der Waals surface area contributed by atoms with Crippen LogP contribution in [0.4, 0.5) is 0 Å². The SMILES string of the molecule is CCCC1CC(=O)N(CC(=O)c2ccc(C)c(C)c2)C1. The Morgan fingerprint density at radius 2 is 2.05 bits per heavy atom. The van der Waals surface area contributed by atoms with Crippen LogP contribution in [-0.2, 0) is 4.79 Å². The normalized spacial score (nSPS) is 18.6. The molecule has 3 heteroatoms. The van der Waals surface area contributed by atoms with Crippen molar-refractivity contribution in [2.24, 2.45) is 5.92 Å². The fourth-order valence-corrected chi connectivity index (χ4v) is 2.79. The zero-order valence-corrected chi connectivity index (χ0v) is 12.6. The number of carbonyl (C=O) groups excluding carboxylic acids is 2. The van der Waals surface area contributed by atoms with Crippen LogP contribution in [0.1, 0.15) is 47.7 Å². The van der Waals surface area contributed by atoms with Crippen LogP contribution >= 0.6 is 0 Å². The van der Waals surface area contributed by atoms with Crippen molar-refractivity contribution in [2.75, 3.05) is 13.1 Å². The highest BCUT2D eigenvalue weighted by molar-refractivity contribution is 5.99. The van der Waals surface area contributed by atoms with Gasteiger partial charge >= 0.3 is 0 Å². The Kier molecular flexibility index (Phi) is 4.58. The number of ketones is 1. The van der Waals surface area contributed by atoms with Gasteiger partial charge in [0.25, 0.3) is 0 Å². The minimum absolute atomic E-state index is 0.0404. The summed E-state index contributed by atoms with van der Waals surface area (Å²) in [6.07, 6.45) is 2.77. The summed E-state index contributed by atoms with van der Waals surface area (Å²) in [5.74, 6) is 0.597. The lowest BCUT2D eigenvalue weighted by atomic mass is 10.0. The molecule has 0 N–H and O–H groups in total. The van der Waals surface area contributed by atoms with E-state index in [4.69, 9.17) is 0 Å². The molecule has 0 saturated carbocycles. The van der Waals surface area contributed by atoms with E-state index in [0.717, 1.165) is 24.9 Å². The van der Waals surface area contributed by atoms with Crippen molar-refractivity contribution >= 4 is 11.7 Å². The Hall–Kier alpha value is -1.64. The predicted molar refractivity (Wildman–Crippen MR) is 79.8 cm³/mol. The molecule has 0 aliphatic carbocycles. The molecule has 20 heavy (non-hydrogen) atoms. The highest BCUT2D eigenvalue weighted by atomic mass is 16.2. The maximum Gasteiger partial charge on any atom is 0.223 e. The van der Waals surface area contributed by atoms with E-state index in [1.54, 1.807) is 4.90 Å². The van der Waals surface area contributed by atoms with Crippen molar-refractivity contribution in [3.05, 3.63) is 34.9 Å². The predicted octanol–water partition coefficient (Wildman–Crippen LogP) is 3.13. The van der Waals surface area contributed by atoms with E-state index in [0.29, 0.717) is 17.9 Å². The molecule has 1 aromatic rings. The van der Waals surface area contributed by atoms with Gasteiger partial charge in [-0.2, -0.15) is 0 Å². The van der Waals surface area contributed by atoms with Gasteiger partial charge in [0.2, 0.25) is 5.91 Å². The van der Waals surface area contributed by atoms with Gasteiger partial charge in [0.1, 0.15) is 0 Å². The first kappa shape index (κ1) is 14.8. The van der Waals surface area contributed by atoms with Gasteiger partial charge in [-0.1, -0.05) is 25.5 Å². The summed E-state index contributed by atoms with van der Waals surface area (Å²) in [4.78, 5) is 25.9. The Morgan fingerprint density at radius 3 is 2.70 bits per heavy atom. The van der Waals surface area contributed by atoms with Gasteiger partial charge in [0.05, 0.1) is 6.54 Å². The van der Waals surface area contributed by atoms with Gasteiger partial charge in [0, 0.05) is 18.5 Å². The molecule has 1 aliphatic heterocycles. The largest absolute Gasteiger partial charge is 0.335 e. The Balaban J connectivity index is 2.01. The molecule has 0 spiro atoms. The second-order valence-corrected chi connectivity index (χ2v) is 5.86. The average Bonchev–Trinajstić information content (AvgIpc) is 2.73. The third kappa shape index (κ3) is 3.27. The molecule has 3 nitrogen and oxygen atoms in total. The minimum Gasteiger partial charge on any atom is -0.335 e. The van der Waals surface area contributed by atoms with Crippen LogP contribution in [0.2, 0.25) is 0 Å². The summed E-state index contributed by atoms with van der Waals surface area (Å²) in [7, 11) is 0. The van der Waals surface area contributed by atoms with Crippen LogP contribution < -0.4 is 0 Å². The number of hydrogen-bond donors (Lipinski definition) is 0. The van der Waals surface area contributed by atoms with E-state index >= 15 is 0 Å². The lowest BCUT2D eigenvalue weighted by Crippen LogP contribution is -2.31. The molecule has 1 heterocycles. The Labute approximate surface area is 121 Å². The average molecular weight is 273 g/mol. The van der Waals surface area contributed by atoms with Gasteiger partial charge in [-0.05, 0) is 43.4 Å². The second kappa shape index (κ2) is 6.21. The van der Waals surface area contributed by atoms with Gasteiger partial charge in [-0.3, -0.25) is 9.59 Å². The number of likely N-dealkylation sites (tertiary alicyclic amines) is 1. The standard InChI is InChI=1S/C17H23NO2/c1-4-5-14-9-17(20)18(10-14)11-16(19)15-7-6-12(2)13(3)8-15/h6-8,14H,4-5,9-11H2,1-3H3. The quantitative estimate of drug-likeness (QED) is 0.773. The van der Waals surface area contributed by atoms with E-state index < -0.39 is 0 Å². The highest BCUT2D eigenvalue weighted by Gasteiger charge is 2.30. The monoisotopic (exact) mass is 273 g/mol. The molecule has 2 rings (SSSR count). The topological polar surface area (TPSA) is 37.4 Å². The van der Waals surface area contributed by atoms with Crippen LogP contribution in [-0.4, -0.2) is 29.7 Å². The van der Waals surface area contributed by atoms with Crippen LogP contribution in [0, 0.1) is 19.8 Å². The molecular weight excluding hydrogens is 250 g/mol. The molecule has 1 atom stereocenters. The van der Waals surface area contributed by atoms with Crippen LogP contribution in [0.25, 0.3) is 0 Å². The van der Waals surface area contributed by atoms with E-state index in [-0.39, 0.29) is 18.2 Å². The Bertz CT molecular complexity index is 522. The maximum atomic E-state index is 12.3. The van der Waals surface area contributed by atoms with Crippen molar-refractivity contribution in [3.8, 4) is 0 Å². The lowest BCUT2D eigenvalue weighted by Gasteiger charge is -2.16. The summed E-state index contributed by atoms with van der Waals surface area (Å²) in [6.45, 7) is 7.13. The molecule has 1 aliphatic rings. The minimum atomic E-state index is 0.0404. The van der Waals surface area contributed by atoms with Crippen LogP contribution in [0.3, 0.4) is 0 Å². The summed E-state index contributed by atoms with van der Waals surface area (Å²) in [6, 6.07) is 5.74. The number of benzene rings is 1. The third-order valence-corrected chi connectivity index (χ3v) is 4.15.